The third-order valence-electron chi connectivity index (χ3n) is 6.37. The number of nitro groups is 1. The predicted molar refractivity (Wildman–Crippen MR) is 145 cm³/mol. The third-order valence-corrected chi connectivity index (χ3v) is 7.81. The zero-order valence-electron chi connectivity index (χ0n) is 20.9. The second kappa shape index (κ2) is 11.4. The van der Waals surface area contributed by atoms with Gasteiger partial charge in [0.05, 0.1) is 17.2 Å². The molecule has 1 fully saturated rings. The van der Waals surface area contributed by atoms with Crippen molar-refractivity contribution in [3.63, 3.8) is 0 Å². The summed E-state index contributed by atoms with van der Waals surface area (Å²) in [6, 6.07) is 17.0. The average Bonchev–Trinajstić information content (AvgIpc) is 2.90. The molecule has 0 amide bonds. The molecule has 0 aliphatic heterocycles. The lowest BCUT2D eigenvalue weighted by molar-refractivity contribution is -0.384. The fourth-order valence-electron chi connectivity index (χ4n) is 4.49. The van der Waals surface area contributed by atoms with Crippen LogP contribution in [0.2, 0.25) is 0 Å². The van der Waals surface area contributed by atoms with Gasteiger partial charge in [-0.15, -0.1) is 11.8 Å². The Hall–Kier alpha value is -3.57. The second-order valence-electron chi connectivity index (χ2n) is 9.01. The molecule has 7 nitrogen and oxygen atoms in total. The van der Waals surface area contributed by atoms with Crippen molar-refractivity contribution in [3.05, 3.63) is 64.2 Å². The van der Waals surface area contributed by atoms with E-state index >= 15 is 0 Å². The Bertz CT molecular complexity index is 1260. The minimum atomic E-state index is -0.406. The molecule has 4 rings (SSSR count). The normalized spacial score (nSPS) is 13.7. The van der Waals surface area contributed by atoms with Gasteiger partial charge in [-0.25, -0.2) is 4.98 Å². The number of pyridine rings is 1. The molecule has 0 atom stereocenters. The number of anilines is 1. The molecule has 1 heterocycles. The van der Waals surface area contributed by atoms with Gasteiger partial charge in [-0.1, -0.05) is 31.4 Å². The highest BCUT2D eigenvalue weighted by Gasteiger charge is 2.27. The zero-order valence-corrected chi connectivity index (χ0v) is 21.7. The molecule has 36 heavy (non-hydrogen) atoms. The molecule has 186 valence electrons. The van der Waals surface area contributed by atoms with E-state index in [1.54, 1.807) is 23.9 Å². The van der Waals surface area contributed by atoms with E-state index in [9.17, 15) is 15.4 Å². The monoisotopic (exact) mass is 502 g/mol. The van der Waals surface area contributed by atoms with Crippen LogP contribution in [0, 0.1) is 21.4 Å². The quantitative estimate of drug-likeness (QED) is 0.240. The lowest BCUT2D eigenvalue weighted by Crippen LogP contribution is -2.10. The van der Waals surface area contributed by atoms with Gasteiger partial charge in [0.1, 0.15) is 11.6 Å². The van der Waals surface area contributed by atoms with Crippen LogP contribution in [0.5, 0.6) is 5.88 Å². The van der Waals surface area contributed by atoms with Gasteiger partial charge in [0.2, 0.25) is 5.88 Å². The van der Waals surface area contributed by atoms with E-state index in [1.807, 2.05) is 50.2 Å². The second-order valence-corrected chi connectivity index (χ2v) is 10.3. The van der Waals surface area contributed by atoms with Gasteiger partial charge in [0, 0.05) is 53.2 Å². The SMILES string of the molecule is CCOc1nc(-c2ccc([N+](=O)[O-])cc2)c(SC2CCCCC2)c(-c2ccc(N(C)C)cc2)c1C#N. The molecule has 0 spiro atoms. The van der Waals surface area contributed by atoms with E-state index in [2.05, 4.69) is 6.07 Å². The molecule has 1 aliphatic rings. The van der Waals surface area contributed by atoms with E-state index < -0.39 is 4.92 Å². The lowest BCUT2D eigenvalue weighted by atomic mass is 9.98. The first kappa shape index (κ1) is 25.5. The molecule has 0 unspecified atom stereocenters. The molecule has 0 radical (unpaired) electrons. The summed E-state index contributed by atoms with van der Waals surface area (Å²) in [5.41, 5.74) is 4.68. The van der Waals surface area contributed by atoms with E-state index in [0.717, 1.165) is 40.1 Å². The molecule has 0 bridgehead atoms. The summed E-state index contributed by atoms with van der Waals surface area (Å²) in [6.07, 6.45) is 5.84. The van der Waals surface area contributed by atoms with E-state index in [1.165, 1.54) is 31.4 Å². The minimum Gasteiger partial charge on any atom is -0.477 e. The van der Waals surface area contributed by atoms with Crippen molar-refractivity contribution in [3.8, 4) is 34.3 Å². The topological polar surface area (TPSA) is 92.3 Å². The number of ether oxygens (including phenoxy) is 1. The summed E-state index contributed by atoms with van der Waals surface area (Å²) in [5.74, 6) is 0.285. The zero-order chi connectivity index (χ0) is 25.7. The van der Waals surface area contributed by atoms with Crippen molar-refractivity contribution < 1.29 is 9.66 Å². The van der Waals surface area contributed by atoms with Crippen molar-refractivity contribution in [2.75, 3.05) is 25.6 Å². The van der Waals surface area contributed by atoms with Crippen LogP contribution in [0.25, 0.3) is 22.4 Å². The summed E-state index contributed by atoms with van der Waals surface area (Å²) >= 11 is 1.77. The summed E-state index contributed by atoms with van der Waals surface area (Å²) in [6.45, 7) is 2.24. The Morgan fingerprint density at radius 3 is 2.28 bits per heavy atom. The number of thioether (sulfide) groups is 1. The molecule has 1 saturated carbocycles. The molecule has 0 N–H and O–H groups in total. The van der Waals surface area contributed by atoms with Crippen molar-refractivity contribution in [1.29, 1.82) is 5.26 Å². The first-order valence-electron chi connectivity index (χ1n) is 12.2. The number of nitrogens with zero attached hydrogens (tertiary/aromatic N) is 4. The first-order valence-corrected chi connectivity index (χ1v) is 13.1. The van der Waals surface area contributed by atoms with Gasteiger partial charge in [-0.3, -0.25) is 10.1 Å². The highest BCUT2D eigenvalue weighted by atomic mass is 32.2. The number of hydrogen-bond donors (Lipinski definition) is 0. The Kier molecular flexibility index (Phi) is 8.11. The van der Waals surface area contributed by atoms with Crippen LogP contribution in [-0.4, -0.2) is 35.9 Å². The number of hydrogen-bond acceptors (Lipinski definition) is 7. The molecule has 3 aromatic rings. The number of rotatable bonds is 8. The number of non-ortho nitro benzene ring substituents is 1. The summed E-state index contributed by atoms with van der Waals surface area (Å²) in [7, 11) is 3.98. The molecule has 0 saturated heterocycles. The maximum atomic E-state index is 11.2. The molecular formula is C28H30N4O3S. The average molecular weight is 503 g/mol. The van der Waals surface area contributed by atoms with Crippen molar-refractivity contribution in [2.24, 2.45) is 0 Å². The third kappa shape index (κ3) is 5.47. The standard InChI is InChI=1S/C28H30N4O3S/c1-4-35-28-24(18-29)25(19-10-14-21(15-11-19)31(2)3)27(36-23-8-6-5-7-9-23)26(30-28)20-12-16-22(17-13-20)32(33)34/h10-17,23H,4-9H2,1-3H3. The molecule has 1 aromatic heterocycles. The van der Waals surface area contributed by atoms with Gasteiger partial charge in [-0.2, -0.15) is 5.26 Å². The summed E-state index contributed by atoms with van der Waals surface area (Å²) in [5, 5.41) is 21.9. The van der Waals surface area contributed by atoms with Crippen LogP contribution in [-0.2, 0) is 0 Å². The van der Waals surface area contributed by atoms with Gasteiger partial charge < -0.3 is 9.64 Å². The van der Waals surface area contributed by atoms with Crippen LogP contribution >= 0.6 is 11.8 Å². The van der Waals surface area contributed by atoms with E-state index in [4.69, 9.17) is 9.72 Å². The van der Waals surface area contributed by atoms with Crippen LogP contribution in [0.4, 0.5) is 11.4 Å². The first-order chi connectivity index (χ1) is 17.4. The largest absolute Gasteiger partial charge is 0.477 e. The number of nitriles is 1. The molecule has 1 aliphatic carbocycles. The Morgan fingerprint density at radius 2 is 1.72 bits per heavy atom. The van der Waals surface area contributed by atoms with E-state index in [-0.39, 0.29) is 11.6 Å². The number of benzene rings is 2. The van der Waals surface area contributed by atoms with Crippen molar-refractivity contribution >= 4 is 23.1 Å². The Balaban J connectivity index is 1.97. The maximum absolute atomic E-state index is 11.2. The van der Waals surface area contributed by atoms with Crippen LogP contribution in [0.3, 0.4) is 0 Å². The lowest BCUT2D eigenvalue weighted by Gasteiger charge is -2.25. The fourth-order valence-corrected chi connectivity index (χ4v) is 6.01. The highest BCUT2D eigenvalue weighted by molar-refractivity contribution is 8.00. The maximum Gasteiger partial charge on any atom is 0.269 e. The minimum absolute atomic E-state index is 0.0263. The smallest absolute Gasteiger partial charge is 0.269 e. The molecule has 2 aromatic carbocycles. The Morgan fingerprint density at radius 1 is 1.08 bits per heavy atom. The van der Waals surface area contributed by atoms with E-state index in [0.29, 0.717) is 23.1 Å². The van der Waals surface area contributed by atoms with Crippen molar-refractivity contribution in [2.45, 2.75) is 49.2 Å². The highest BCUT2D eigenvalue weighted by Crippen LogP contribution is 2.47. The number of aromatic nitrogens is 1. The molecular weight excluding hydrogens is 472 g/mol. The summed E-state index contributed by atoms with van der Waals surface area (Å²) < 4.78 is 5.86. The number of nitro benzene ring substituents is 1. The van der Waals surface area contributed by atoms with Gasteiger partial charge in [-0.05, 0) is 49.6 Å². The fraction of sp³-hybridized carbons (Fsp3) is 0.357. The van der Waals surface area contributed by atoms with Gasteiger partial charge >= 0.3 is 0 Å². The van der Waals surface area contributed by atoms with Crippen LogP contribution in [0.1, 0.15) is 44.6 Å². The van der Waals surface area contributed by atoms with Gasteiger partial charge in [0.15, 0.2) is 0 Å². The van der Waals surface area contributed by atoms with Crippen molar-refractivity contribution in [1.82, 2.24) is 4.98 Å². The van der Waals surface area contributed by atoms with Crippen LogP contribution < -0.4 is 9.64 Å². The Labute approximate surface area is 216 Å². The molecule has 8 heteroatoms. The summed E-state index contributed by atoms with van der Waals surface area (Å²) in [4.78, 5) is 18.6. The predicted octanol–water partition coefficient (Wildman–Crippen LogP) is 7.08. The van der Waals surface area contributed by atoms with Gasteiger partial charge in [0.25, 0.3) is 5.69 Å². The van der Waals surface area contributed by atoms with Crippen LogP contribution in [0.15, 0.2) is 53.4 Å².